The third-order valence-electron chi connectivity index (χ3n) is 3.63. The van der Waals surface area contributed by atoms with Crippen LogP contribution in [0.5, 0.6) is 0 Å². The van der Waals surface area contributed by atoms with Crippen LogP contribution in [0.3, 0.4) is 0 Å². The molecule has 0 bridgehead atoms. The molecule has 102 valence electrons. The largest absolute Gasteiger partial charge is 0.468 e. The van der Waals surface area contributed by atoms with Crippen molar-refractivity contribution in [1.82, 2.24) is 0 Å². The quantitative estimate of drug-likeness (QED) is 0.484. The van der Waals surface area contributed by atoms with Crippen LogP contribution in [0.2, 0.25) is 0 Å². The number of carbonyl (C=O) groups excluding carboxylic acids is 2. The highest BCUT2D eigenvalue weighted by Crippen LogP contribution is 2.61. The van der Waals surface area contributed by atoms with Gasteiger partial charge in [-0.15, -0.1) is 0 Å². The van der Waals surface area contributed by atoms with Crippen LogP contribution >= 0.6 is 15.9 Å². The number of methoxy groups -OCH3 is 2. The number of benzene rings is 1. The van der Waals surface area contributed by atoms with Crippen LogP contribution in [-0.4, -0.2) is 26.2 Å². The number of carbonyl (C=O) groups is 2. The zero-order valence-corrected chi connectivity index (χ0v) is 12.4. The molecule has 1 unspecified atom stereocenters. The van der Waals surface area contributed by atoms with Gasteiger partial charge in [0.15, 0.2) is 5.41 Å². The maximum absolute atomic E-state index is 11.9. The van der Waals surface area contributed by atoms with Crippen molar-refractivity contribution in [3.05, 3.63) is 35.4 Å². The number of alkyl halides is 1. The standard InChI is InChI=1S/C14H15BrO4/c1-18-12(16)14(13(17)19-2)7-11(14)10-6-4-3-5-9(10)8-15/h3-6,11H,7-8H2,1-2H3. The zero-order valence-electron chi connectivity index (χ0n) is 10.8. The first-order chi connectivity index (χ1) is 9.11. The monoisotopic (exact) mass is 326 g/mol. The van der Waals surface area contributed by atoms with Gasteiger partial charge in [0, 0.05) is 11.2 Å². The first kappa shape index (κ1) is 14.1. The summed E-state index contributed by atoms with van der Waals surface area (Å²) in [5, 5.41) is 0.679. The molecule has 0 spiro atoms. The van der Waals surface area contributed by atoms with Crippen LogP contribution in [0.25, 0.3) is 0 Å². The van der Waals surface area contributed by atoms with E-state index in [0.29, 0.717) is 11.8 Å². The first-order valence-corrected chi connectivity index (χ1v) is 7.04. The highest BCUT2D eigenvalue weighted by molar-refractivity contribution is 9.08. The van der Waals surface area contributed by atoms with Crippen molar-refractivity contribution in [1.29, 1.82) is 0 Å². The van der Waals surface area contributed by atoms with Gasteiger partial charge in [0.05, 0.1) is 14.2 Å². The fraction of sp³-hybridized carbons (Fsp3) is 0.429. The van der Waals surface area contributed by atoms with Crippen molar-refractivity contribution < 1.29 is 19.1 Å². The molecule has 0 heterocycles. The highest BCUT2D eigenvalue weighted by Gasteiger charge is 2.68. The van der Waals surface area contributed by atoms with Gasteiger partial charge in [-0.25, -0.2) is 0 Å². The molecule has 0 aliphatic heterocycles. The fourth-order valence-corrected chi connectivity index (χ4v) is 3.04. The van der Waals surface area contributed by atoms with Crippen LogP contribution in [0.1, 0.15) is 23.5 Å². The van der Waals surface area contributed by atoms with E-state index in [1.807, 2.05) is 24.3 Å². The molecule has 1 aliphatic carbocycles. The Balaban J connectivity index is 2.38. The van der Waals surface area contributed by atoms with Gasteiger partial charge in [0.2, 0.25) is 0 Å². The van der Waals surface area contributed by atoms with E-state index in [0.717, 1.165) is 11.1 Å². The summed E-state index contributed by atoms with van der Waals surface area (Å²) in [7, 11) is 2.58. The van der Waals surface area contributed by atoms with Crippen LogP contribution in [0, 0.1) is 5.41 Å². The normalized spacial score (nSPS) is 19.6. The van der Waals surface area contributed by atoms with Crippen LogP contribution < -0.4 is 0 Å². The Morgan fingerprint density at radius 2 is 1.84 bits per heavy atom. The predicted octanol–water partition coefficient (Wildman–Crippen LogP) is 2.40. The Labute approximate surface area is 120 Å². The number of ether oxygens (including phenoxy) is 2. The second kappa shape index (κ2) is 5.33. The second-order valence-electron chi connectivity index (χ2n) is 4.54. The minimum absolute atomic E-state index is 0.166. The fourth-order valence-electron chi connectivity index (χ4n) is 2.53. The average Bonchev–Trinajstić information content (AvgIpc) is 3.22. The molecule has 1 saturated carbocycles. The lowest BCUT2D eigenvalue weighted by atomic mass is 9.96. The van der Waals surface area contributed by atoms with Gasteiger partial charge in [-0.3, -0.25) is 9.59 Å². The summed E-state index contributed by atoms with van der Waals surface area (Å²) in [4.78, 5) is 23.9. The second-order valence-corrected chi connectivity index (χ2v) is 5.10. The Morgan fingerprint density at radius 3 is 2.37 bits per heavy atom. The molecule has 0 aromatic heterocycles. The summed E-state index contributed by atoms with van der Waals surface area (Å²) < 4.78 is 9.55. The Hall–Kier alpha value is -1.36. The first-order valence-electron chi connectivity index (χ1n) is 5.92. The topological polar surface area (TPSA) is 52.6 Å². The van der Waals surface area contributed by atoms with E-state index in [4.69, 9.17) is 9.47 Å². The van der Waals surface area contributed by atoms with Gasteiger partial charge in [-0.1, -0.05) is 40.2 Å². The smallest absolute Gasteiger partial charge is 0.323 e. The SMILES string of the molecule is COC(=O)C1(C(=O)OC)CC1c1ccccc1CBr. The molecule has 1 fully saturated rings. The van der Waals surface area contributed by atoms with Crippen LogP contribution in [-0.2, 0) is 24.4 Å². The molecule has 0 saturated heterocycles. The van der Waals surface area contributed by atoms with Gasteiger partial charge in [-0.05, 0) is 17.5 Å². The minimum atomic E-state index is -1.16. The molecule has 0 amide bonds. The van der Waals surface area contributed by atoms with Crippen molar-refractivity contribution in [2.24, 2.45) is 5.41 Å². The molecule has 1 aromatic carbocycles. The molecule has 2 rings (SSSR count). The van der Waals surface area contributed by atoms with E-state index in [1.165, 1.54) is 14.2 Å². The zero-order chi connectivity index (χ0) is 14.0. The molecular weight excluding hydrogens is 312 g/mol. The number of rotatable bonds is 4. The van der Waals surface area contributed by atoms with Gasteiger partial charge < -0.3 is 9.47 Å². The third-order valence-corrected chi connectivity index (χ3v) is 4.24. The number of esters is 2. The van der Waals surface area contributed by atoms with Crippen molar-refractivity contribution in [2.45, 2.75) is 17.7 Å². The van der Waals surface area contributed by atoms with Gasteiger partial charge in [-0.2, -0.15) is 0 Å². The molecule has 5 heteroatoms. The predicted molar refractivity (Wildman–Crippen MR) is 72.9 cm³/mol. The maximum atomic E-state index is 11.9. The van der Waals surface area contributed by atoms with E-state index < -0.39 is 17.4 Å². The molecule has 19 heavy (non-hydrogen) atoms. The molecule has 0 N–H and O–H groups in total. The summed E-state index contributed by atoms with van der Waals surface area (Å²) in [6.07, 6.45) is 0.441. The van der Waals surface area contributed by atoms with Crippen molar-refractivity contribution >= 4 is 27.9 Å². The van der Waals surface area contributed by atoms with E-state index in [1.54, 1.807) is 0 Å². The summed E-state index contributed by atoms with van der Waals surface area (Å²) in [6, 6.07) is 7.75. The Kier molecular flexibility index (Phi) is 3.94. The van der Waals surface area contributed by atoms with Crippen LogP contribution in [0.4, 0.5) is 0 Å². The summed E-state index contributed by atoms with van der Waals surface area (Å²) in [6.45, 7) is 0. The van der Waals surface area contributed by atoms with Crippen molar-refractivity contribution in [3.63, 3.8) is 0 Å². The molecule has 1 aromatic rings. The van der Waals surface area contributed by atoms with E-state index in [9.17, 15) is 9.59 Å². The van der Waals surface area contributed by atoms with Gasteiger partial charge >= 0.3 is 11.9 Å². The van der Waals surface area contributed by atoms with Crippen LogP contribution in [0.15, 0.2) is 24.3 Å². The number of hydrogen-bond acceptors (Lipinski definition) is 4. The lowest BCUT2D eigenvalue weighted by molar-refractivity contribution is -0.161. The average molecular weight is 327 g/mol. The molecule has 1 aliphatic rings. The highest BCUT2D eigenvalue weighted by atomic mass is 79.9. The number of hydrogen-bond donors (Lipinski definition) is 0. The summed E-state index contributed by atoms with van der Waals surface area (Å²) in [5.41, 5.74) is 0.902. The van der Waals surface area contributed by atoms with E-state index in [-0.39, 0.29) is 5.92 Å². The molecule has 0 radical (unpaired) electrons. The lowest BCUT2D eigenvalue weighted by Gasteiger charge is -2.14. The van der Waals surface area contributed by atoms with Gasteiger partial charge in [0.25, 0.3) is 0 Å². The van der Waals surface area contributed by atoms with Crippen molar-refractivity contribution in [2.75, 3.05) is 14.2 Å². The van der Waals surface area contributed by atoms with E-state index in [2.05, 4.69) is 15.9 Å². The number of halogens is 1. The third kappa shape index (κ3) is 2.16. The molecule has 4 nitrogen and oxygen atoms in total. The summed E-state index contributed by atoms with van der Waals surface area (Å²) >= 11 is 3.42. The minimum Gasteiger partial charge on any atom is -0.468 e. The van der Waals surface area contributed by atoms with E-state index >= 15 is 0 Å². The maximum Gasteiger partial charge on any atom is 0.323 e. The van der Waals surface area contributed by atoms with Crippen molar-refractivity contribution in [3.8, 4) is 0 Å². The molecule has 1 atom stereocenters. The Morgan fingerprint density at radius 1 is 1.26 bits per heavy atom. The summed E-state index contributed by atoms with van der Waals surface area (Å²) in [5.74, 6) is -1.20. The lowest BCUT2D eigenvalue weighted by Crippen LogP contribution is -2.30. The molecular formula is C14H15BrO4. The van der Waals surface area contributed by atoms with Gasteiger partial charge in [0.1, 0.15) is 0 Å². The Bertz CT molecular complexity index is 496.